The van der Waals surface area contributed by atoms with Crippen LogP contribution in [0.4, 0.5) is 0 Å². The zero-order valence-corrected chi connectivity index (χ0v) is 14.3. The van der Waals surface area contributed by atoms with Gasteiger partial charge in [0.2, 0.25) is 0 Å². The molecule has 0 amide bonds. The first-order valence-corrected chi connectivity index (χ1v) is 8.37. The number of rotatable bonds is 3. The molecular weight excluding hydrogens is 256 g/mol. The van der Waals surface area contributed by atoms with Crippen LogP contribution in [0.1, 0.15) is 71.0 Å². The molecule has 0 saturated heterocycles. The molecule has 2 heteroatoms. The van der Waals surface area contributed by atoms with Crippen LogP contribution >= 0.6 is 0 Å². The van der Waals surface area contributed by atoms with Crippen LogP contribution in [0, 0.1) is 17.8 Å². The molecule has 1 fully saturated rings. The highest BCUT2D eigenvalue weighted by Gasteiger charge is 2.30. The highest BCUT2D eigenvalue weighted by molar-refractivity contribution is 5.29. The van der Waals surface area contributed by atoms with E-state index in [2.05, 4.69) is 64.3 Å². The van der Waals surface area contributed by atoms with E-state index in [1.807, 2.05) is 0 Å². The summed E-state index contributed by atoms with van der Waals surface area (Å²) in [6.07, 6.45) is 3.91. The number of nitrogens with two attached hydrogens (primary N) is 1. The number of hydrogen-bond acceptors (Lipinski definition) is 2. The van der Waals surface area contributed by atoms with Gasteiger partial charge in [-0.25, -0.2) is 0 Å². The van der Waals surface area contributed by atoms with Gasteiger partial charge in [0.15, 0.2) is 0 Å². The monoisotopic (exact) mass is 288 g/mol. The predicted molar refractivity (Wildman–Crippen MR) is 90.9 cm³/mol. The third kappa shape index (κ3) is 4.08. The van der Waals surface area contributed by atoms with Gasteiger partial charge in [0.1, 0.15) is 0 Å². The standard InChI is InChI=1S/C19H32N2/c1-13-10-14(2)12-16(11-13)18(21-20)15-6-8-17(9-7-15)19(3,4)5/h6-9,13-14,16,18,21H,10-12,20H2,1-5H3. The van der Waals surface area contributed by atoms with Crippen molar-refractivity contribution in [1.82, 2.24) is 5.43 Å². The van der Waals surface area contributed by atoms with Crippen LogP contribution in [0.25, 0.3) is 0 Å². The Morgan fingerprint density at radius 1 is 1.00 bits per heavy atom. The summed E-state index contributed by atoms with van der Waals surface area (Å²) in [5.41, 5.74) is 6.01. The van der Waals surface area contributed by atoms with Gasteiger partial charge in [-0.05, 0) is 53.6 Å². The molecule has 3 unspecified atom stereocenters. The van der Waals surface area contributed by atoms with Crippen molar-refractivity contribution in [3.8, 4) is 0 Å². The van der Waals surface area contributed by atoms with Gasteiger partial charge in [0.25, 0.3) is 0 Å². The Hall–Kier alpha value is -0.860. The SMILES string of the molecule is CC1CC(C)CC(C(NN)c2ccc(C(C)(C)C)cc2)C1. The van der Waals surface area contributed by atoms with Crippen LogP contribution in [0.15, 0.2) is 24.3 Å². The van der Waals surface area contributed by atoms with Gasteiger partial charge in [-0.2, -0.15) is 0 Å². The van der Waals surface area contributed by atoms with Gasteiger partial charge in [-0.15, -0.1) is 0 Å². The van der Waals surface area contributed by atoms with E-state index in [1.54, 1.807) is 0 Å². The van der Waals surface area contributed by atoms with E-state index < -0.39 is 0 Å². The second-order valence-corrected chi connectivity index (χ2v) is 8.19. The summed E-state index contributed by atoms with van der Waals surface area (Å²) < 4.78 is 0. The van der Waals surface area contributed by atoms with Crippen molar-refractivity contribution in [3.63, 3.8) is 0 Å². The molecule has 1 aliphatic carbocycles. The molecule has 2 rings (SSSR count). The Balaban J connectivity index is 2.17. The molecule has 1 aliphatic rings. The lowest BCUT2D eigenvalue weighted by atomic mass is 9.72. The molecule has 3 atom stereocenters. The summed E-state index contributed by atoms with van der Waals surface area (Å²) in [5, 5.41) is 0. The summed E-state index contributed by atoms with van der Waals surface area (Å²) in [7, 11) is 0. The minimum absolute atomic E-state index is 0.206. The smallest absolute Gasteiger partial charge is 0.0488 e. The fraction of sp³-hybridized carbons (Fsp3) is 0.684. The zero-order valence-electron chi connectivity index (χ0n) is 14.3. The first-order chi connectivity index (χ1) is 9.81. The van der Waals surface area contributed by atoms with Gasteiger partial charge in [-0.3, -0.25) is 11.3 Å². The highest BCUT2D eigenvalue weighted by atomic mass is 15.2. The summed E-state index contributed by atoms with van der Waals surface area (Å²) in [6, 6.07) is 9.32. The molecule has 1 aromatic carbocycles. The second-order valence-electron chi connectivity index (χ2n) is 8.19. The van der Waals surface area contributed by atoms with Crippen LogP contribution in [0.2, 0.25) is 0 Å². The molecular formula is C19H32N2. The molecule has 2 nitrogen and oxygen atoms in total. The molecule has 0 aliphatic heterocycles. The molecule has 1 aromatic rings. The predicted octanol–water partition coefficient (Wildman–Crippen LogP) is 4.56. The molecule has 118 valence electrons. The van der Waals surface area contributed by atoms with Crippen LogP contribution in [-0.2, 0) is 5.41 Å². The van der Waals surface area contributed by atoms with Crippen molar-refractivity contribution < 1.29 is 0 Å². The summed E-state index contributed by atoms with van der Waals surface area (Å²) in [5.74, 6) is 8.17. The van der Waals surface area contributed by atoms with Crippen LogP contribution in [0.5, 0.6) is 0 Å². The van der Waals surface area contributed by atoms with E-state index in [0.717, 1.165) is 11.8 Å². The van der Waals surface area contributed by atoms with Crippen LogP contribution in [0.3, 0.4) is 0 Å². The number of hydrogen-bond donors (Lipinski definition) is 2. The highest BCUT2D eigenvalue weighted by Crippen LogP contribution is 2.39. The maximum atomic E-state index is 5.90. The third-order valence-corrected chi connectivity index (χ3v) is 5.00. The van der Waals surface area contributed by atoms with Gasteiger partial charge in [0.05, 0.1) is 0 Å². The van der Waals surface area contributed by atoms with Crippen molar-refractivity contribution >= 4 is 0 Å². The first kappa shape index (κ1) is 16.5. The molecule has 0 aromatic heterocycles. The average molecular weight is 288 g/mol. The summed E-state index contributed by atoms with van der Waals surface area (Å²) in [6.45, 7) is 11.5. The molecule has 0 heterocycles. The maximum absolute atomic E-state index is 5.90. The Morgan fingerprint density at radius 2 is 1.52 bits per heavy atom. The molecule has 0 spiro atoms. The summed E-state index contributed by atoms with van der Waals surface area (Å²) in [4.78, 5) is 0. The minimum Gasteiger partial charge on any atom is -0.271 e. The Kier molecular flexibility index (Phi) is 5.11. The van der Waals surface area contributed by atoms with Crippen LogP contribution < -0.4 is 11.3 Å². The van der Waals surface area contributed by atoms with E-state index in [4.69, 9.17) is 5.84 Å². The number of hydrazine groups is 1. The molecule has 0 bridgehead atoms. The van der Waals surface area contributed by atoms with E-state index in [1.165, 1.54) is 30.4 Å². The van der Waals surface area contributed by atoms with E-state index in [-0.39, 0.29) is 11.5 Å². The number of benzene rings is 1. The van der Waals surface area contributed by atoms with Gasteiger partial charge < -0.3 is 0 Å². The fourth-order valence-electron chi connectivity index (χ4n) is 3.98. The Labute approximate surface area is 130 Å². The lowest BCUT2D eigenvalue weighted by Crippen LogP contribution is -2.37. The second kappa shape index (κ2) is 6.50. The van der Waals surface area contributed by atoms with E-state index >= 15 is 0 Å². The van der Waals surface area contributed by atoms with Gasteiger partial charge in [-0.1, -0.05) is 58.9 Å². The normalized spacial score (nSPS) is 28.4. The third-order valence-electron chi connectivity index (χ3n) is 5.00. The van der Waals surface area contributed by atoms with E-state index in [9.17, 15) is 0 Å². The number of nitrogens with one attached hydrogen (secondary N) is 1. The largest absolute Gasteiger partial charge is 0.271 e. The average Bonchev–Trinajstić information content (AvgIpc) is 2.38. The van der Waals surface area contributed by atoms with Crippen molar-refractivity contribution in [2.75, 3.05) is 0 Å². The van der Waals surface area contributed by atoms with Crippen molar-refractivity contribution in [1.29, 1.82) is 0 Å². The van der Waals surface area contributed by atoms with Crippen molar-refractivity contribution in [3.05, 3.63) is 35.4 Å². The zero-order chi connectivity index (χ0) is 15.6. The summed E-state index contributed by atoms with van der Waals surface area (Å²) >= 11 is 0. The topological polar surface area (TPSA) is 38.0 Å². The lowest BCUT2D eigenvalue weighted by Gasteiger charge is -2.36. The maximum Gasteiger partial charge on any atom is 0.0488 e. The van der Waals surface area contributed by atoms with E-state index in [0.29, 0.717) is 5.92 Å². The van der Waals surface area contributed by atoms with Crippen molar-refractivity contribution in [2.24, 2.45) is 23.6 Å². The Morgan fingerprint density at radius 3 is 1.95 bits per heavy atom. The van der Waals surface area contributed by atoms with Crippen LogP contribution in [-0.4, -0.2) is 0 Å². The fourth-order valence-corrected chi connectivity index (χ4v) is 3.98. The van der Waals surface area contributed by atoms with Gasteiger partial charge >= 0.3 is 0 Å². The van der Waals surface area contributed by atoms with Gasteiger partial charge in [0, 0.05) is 6.04 Å². The molecule has 21 heavy (non-hydrogen) atoms. The van der Waals surface area contributed by atoms with Crippen molar-refractivity contribution in [2.45, 2.75) is 65.3 Å². The lowest BCUT2D eigenvalue weighted by molar-refractivity contribution is 0.177. The molecule has 3 N–H and O–H groups in total. The first-order valence-electron chi connectivity index (χ1n) is 8.37. The minimum atomic E-state index is 0.206. The molecule has 1 saturated carbocycles. The Bertz CT molecular complexity index is 434. The quantitative estimate of drug-likeness (QED) is 0.632. The molecule has 0 radical (unpaired) electrons.